The Morgan fingerprint density at radius 2 is 1.73 bits per heavy atom. The minimum atomic E-state index is -5.72. The molecule has 2 unspecified atom stereocenters. The highest BCUT2D eigenvalue weighted by molar-refractivity contribution is 7.99. The van der Waals surface area contributed by atoms with Gasteiger partial charge in [-0.2, -0.15) is 8.62 Å². The zero-order valence-electron chi connectivity index (χ0n) is 19.5. The number of imidazole rings is 1. The van der Waals surface area contributed by atoms with E-state index in [1.807, 2.05) is 20.8 Å². The summed E-state index contributed by atoms with van der Waals surface area (Å²) in [5.74, 6) is 0.730. The molecule has 1 fully saturated rings. The van der Waals surface area contributed by atoms with E-state index in [0.717, 1.165) is 0 Å². The number of aromatic nitrogens is 4. The molecular formula is C15H26N5O13P3S. The number of ether oxygens (including phenoxy) is 1. The summed E-state index contributed by atoms with van der Waals surface area (Å²) in [5.41, 5.74) is 6.32. The van der Waals surface area contributed by atoms with Crippen molar-refractivity contribution in [3.63, 3.8) is 0 Å². The van der Waals surface area contributed by atoms with E-state index in [-0.39, 0.29) is 22.4 Å². The van der Waals surface area contributed by atoms with Gasteiger partial charge in [0.25, 0.3) is 0 Å². The van der Waals surface area contributed by atoms with Crippen LogP contribution in [-0.4, -0.2) is 80.0 Å². The van der Waals surface area contributed by atoms with Crippen LogP contribution in [0.2, 0.25) is 0 Å². The monoisotopic (exact) mass is 609 g/mol. The lowest BCUT2D eigenvalue weighted by molar-refractivity contribution is -0.0503. The van der Waals surface area contributed by atoms with Crippen LogP contribution in [0, 0.1) is 5.41 Å². The van der Waals surface area contributed by atoms with Crippen LogP contribution >= 0.6 is 35.2 Å². The van der Waals surface area contributed by atoms with Gasteiger partial charge < -0.3 is 40.3 Å². The fourth-order valence-corrected chi connectivity index (χ4v) is 6.92. The van der Waals surface area contributed by atoms with Gasteiger partial charge in [0.2, 0.25) is 0 Å². The van der Waals surface area contributed by atoms with Crippen molar-refractivity contribution in [2.75, 3.05) is 18.1 Å². The standard InChI is InChI=1S/C15H26N5O13P3S/c1-15(2,3)5-37-14-18-11(16)8-12(19-14)20(6-17-8)13-10(22)9(21)7(31-13)4-30-35(26,27)33-36(28,29)32-34(23,24)25/h6-7,9-10,13,21-22H,4-5H2,1-3H3,(H,26,27)(H,28,29)(H2,16,18,19)(H2,23,24,25)/t7-,9-,10-,13-/m1/s1. The highest BCUT2D eigenvalue weighted by Crippen LogP contribution is 2.66. The zero-order valence-corrected chi connectivity index (χ0v) is 23.0. The van der Waals surface area contributed by atoms with Crippen LogP contribution in [0.5, 0.6) is 0 Å². The Labute approximate surface area is 213 Å². The van der Waals surface area contributed by atoms with E-state index in [1.54, 1.807) is 0 Å². The molecule has 18 nitrogen and oxygen atoms in total. The molecule has 0 radical (unpaired) electrons. The van der Waals surface area contributed by atoms with Crippen molar-refractivity contribution in [3.05, 3.63) is 6.33 Å². The van der Waals surface area contributed by atoms with Gasteiger partial charge in [0.15, 0.2) is 22.8 Å². The zero-order chi connectivity index (χ0) is 28.0. The molecule has 0 bridgehead atoms. The average Bonchev–Trinajstić information content (AvgIpc) is 3.23. The van der Waals surface area contributed by atoms with E-state index < -0.39 is 54.6 Å². The number of phosphoric acid groups is 3. The van der Waals surface area contributed by atoms with Crippen LogP contribution in [0.15, 0.2) is 11.5 Å². The predicted octanol–water partition coefficient (Wildman–Crippen LogP) is 0.509. The molecule has 1 saturated heterocycles. The molecule has 210 valence electrons. The number of nitrogen functional groups attached to an aromatic ring is 1. The van der Waals surface area contributed by atoms with Crippen molar-refractivity contribution in [2.45, 2.75) is 50.5 Å². The van der Waals surface area contributed by atoms with Gasteiger partial charge >= 0.3 is 23.5 Å². The van der Waals surface area contributed by atoms with E-state index in [0.29, 0.717) is 10.9 Å². The lowest BCUT2D eigenvalue weighted by Gasteiger charge is -2.19. The summed E-state index contributed by atoms with van der Waals surface area (Å²) in [5, 5.41) is 21.2. The number of fused-ring (bicyclic) bond motifs is 1. The normalized spacial score (nSPS) is 26.3. The molecule has 0 aromatic carbocycles. The van der Waals surface area contributed by atoms with Crippen LogP contribution in [0.1, 0.15) is 27.0 Å². The molecule has 2 aromatic rings. The molecule has 8 N–H and O–H groups in total. The van der Waals surface area contributed by atoms with Crippen molar-refractivity contribution < 1.29 is 61.4 Å². The Morgan fingerprint density at radius 1 is 1.08 bits per heavy atom. The molecule has 6 atom stereocenters. The van der Waals surface area contributed by atoms with Gasteiger partial charge in [-0.1, -0.05) is 32.5 Å². The number of nitrogens with zero attached hydrogens (tertiary/aromatic N) is 4. The SMILES string of the molecule is CC(C)(C)CSc1nc(N)c2ncn([C@@H]3O[C@H](COP(=O)(O)OP(=O)(O)OP(=O)(O)O)[C@@H](O)[C@H]3O)c2n1. The number of aliphatic hydroxyl groups is 2. The summed E-state index contributed by atoms with van der Waals surface area (Å²) in [4.78, 5) is 48.7. The molecule has 3 heterocycles. The van der Waals surface area contributed by atoms with E-state index in [4.69, 9.17) is 20.3 Å². The van der Waals surface area contributed by atoms with Gasteiger partial charge in [0.05, 0.1) is 12.9 Å². The Kier molecular flexibility index (Phi) is 8.97. The molecule has 1 aliphatic rings. The Hall–Kier alpha value is -1.01. The summed E-state index contributed by atoms with van der Waals surface area (Å²) >= 11 is 1.34. The first-order chi connectivity index (χ1) is 16.8. The Bertz CT molecular complexity index is 1280. The van der Waals surface area contributed by atoms with Crippen molar-refractivity contribution >= 4 is 52.2 Å². The van der Waals surface area contributed by atoms with Crippen LogP contribution in [0.25, 0.3) is 11.2 Å². The number of anilines is 1. The maximum absolute atomic E-state index is 12.0. The second kappa shape index (κ2) is 10.9. The van der Waals surface area contributed by atoms with E-state index in [1.165, 1.54) is 22.7 Å². The molecule has 0 spiro atoms. The van der Waals surface area contributed by atoms with E-state index in [9.17, 15) is 33.7 Å². The minimum absolute atomic E-state index is 0.0400. The van der Waals surface area contributed by atoms with Gasteiger partial charge in [0.1, 0.15) is 23.8 Å². The van der Waals surface area contributed by atoms with Crippen molar-refractivity contribution in [1.82, 2.24) is 19.5 Å². The topological polar surface area (TPSA) is 279 Å². The van der Waals surface area contributed by atoms with Gasteiger partial charge in [-0.3, -0.25) is 9.09 Å². The smallest absolute Gasteiger partial charge is 0.387 e. The maximum Gasteiger partial charge on any atom is 0.490 e. The summed E-state index contributed by atoms with van der Waals surface area (Å²) < 4.78 is 52.7. The highest BCUT2D eigenvalue weighted by atomic mass is 32.2. The molecular weight excluding hydrogens is 583 g/mol. The van der Waals surface area contributed by atoms with E-state index >= 15 is 0 Å². The Balaban J connectivity index is 1.75. The molecule has 3 rings (SSSR count). The fourth-order valence-electron chi connectivity index (χ4n) is 3.02. The van der Waals surface area contributed by atoms with Gasteiger partial charge in [0, 0.05) is 5.75 Å². The largest absolute Gasteiger partial charge is 0.490 e. The molecule has 0 saturated carbocycles. The summed E-state index contributed by atoms with van der Waals surface area (Å²) in [7, 11) is -16.8. The molecule has 37 heavy (non-hydrogen) atoms. The molecule has 1 aliphatic heterocycles. The molecule has 22 heteroatoms. The number of phosphoric ester groups is 1. The third-order valence-electron chi connectivity index (χ3n) is 4.49. The molecule has 2 aromatic heterocycles. The highest BCUT2D eigenvalue weighted by Gasteiger charge is 2.47. The Morgan fingerprint density at radius 3 is 2.32 bits per heavy atom. The number of rotatable bonds is 10. The number of thioether (sulfide) groups is 1. The maximum atomic E-state index is 12.0. The minimum Gasteiger partial charge on any atom is -0.387 e. The number of aliphatic hydroxyl groups excluding tert-OH is 2. The first-order valence-electron chi connectivity index (χ1n) is 10.2. The first kappa shape index (κ1) is 30.5. The van der Waals surface area contributed by atoms with Crippen LogP contribution in [-0.2, 0) is 31.6 Å². The van der Waals surface area contributed by atoms with Gasteiger partial charge in [-0.15, -0.1) is 0 Å². The lowest BCUT2D eigenvalue weighted by Crippen LogP contribution is -2.33. The van der Waals surface area contributed by atoms with Crippen molar-refractivity contribution in [2.24, 2.45) is 5.41 Å². The first-order valence-corrected chi connectivity index (χ1v) is 15.7. The lowest BCUT2D eigenvalue weighted by atomic mass is 10.0. The third-order valence-corrected chi connectivity index (χ3v) is 9.75. The third kappa shape index (κ3) is 8.24. The van der Waals surface area contributed by atoms with Crippen LogP contribution < -0.4 is 5.73 Å². The summed E-state index contributed by atoms with van der Waals surface area (Å²) in [6.45, 7) is 5.12. The second-order valence-electron chi connectivity index (χ2n) is 9.00. The van der Waals surface area contributed by atoms with Crippen LogP contribution in [0.4, 0.5) is 5.82 Å². The quantitative estimate of drug-likeness (QED) is 0.110. The number of hydrogen-bond donors (Lipinski definition) is 7. The van der Waals surface area contributed by atoms with E-state index in [2.05, 4.69) is 28.1 Å². The van der Waals surface area contributed by atoms with Gasteiger partial charge in [-0.25, -0.2) is 28.6 Å². The number of hydrogen-bond acceptors (Lipinski definition) is 14. The molecule has 0 aliphatic carbocycles. The molecule has 0 amide bonds. The van der Waals surface area contributed by atoms with Crippen molar-refractivity contribution in [3.8, 4) is 0 Å². The summed E-state index contributed by atoms with van der Waals surface area (Å²) in [6, 6.07) is 0. The van der Waals surface area contributed by atoms with Crippen LogP contribution in [0.3, 0.4) is 0 Å². The number of nitrogens with two attached hydrogens (primary N) is 1. The average molecular weight is 609 g/mol. The second-order valence-corrected chi connectivity index (χ2v) is 14.4. The predicted molar refractivity (Wildman–Crippen MR) is 126 cm³/mol. The van der Waals surface area contributed by atoms with Gasteiger partial charge in [-0.05, 0) is 5.41 Å². The van der Waals surface area contributed by atoms with Crippen molar-refractivity contribution in [1.29, 1.82) is 0 Å². The summed E-state index contributed by atoms with van der Waals surface area (Å²) in [6.07, 6.45) is -4.86. The fraction of sp³-hybridized carbons (Fsp3) is 0.667.